The molecule has 0 spiro atoms. The molecule has 30 heavy (non-hydrogen) atoms. The van der Waals surface area contributed by atoms with Crippen LogP contribution in [0.5, 0.6) is 0 Å². The lowest BCUT2D eigenvalue weighted by molar-refractivity contribution is -0.117. The molecule has 7 heteroatoms. The summed E-state index contributed by atoms with van der Waals surface area (Å²) in [7, 11) is 0. The van der Waals surface area contributed by atoms with Crippen LogP contribution in [0.3, 0.4) is 0 Å². The molecule has 3 aromatic rings. The molecule has 1 aliphatic rings. The molecule has 0 radical (unpaired) electrons. The van der Waals surface area contributed by atoms with Crippen molar-refractivity contribution in [3.05, 3.63) is 77.0 Å². The molecule has 0 aliphatic heterocycles. The molecule has 1 fully saturated rings. The maximum Gasteiger partial charge on any atom is 0.252 e. The average molecular weight is 402 g/mol. The number of nitrogens with zero attached hydrogens (tertiary/aromatic N) is 1. The van der Waals surface area contributed by atoms with E-state index in [0.717, 1.165) is 35.0 Å². The van der Waals surface area contributed by atoms with Gasteiger partial charge in [-0.2, -0.15) is 0 Å². The fraction of sp³-hybridized carbons (Fsp3) is 0.217. The van der Waals surface area contributed by atoms with Gasteiger partial charge in [-0.25, -0.2) is 0 Å². The number of hydrogen-bond acceptors (Lipinski definition) is 4. The van der Waals surface area contributed by atoms with E-state index in [2.05, 4.69) is 10.6 Å². The third kappa shape index (κ3) is 4.46. The predicted octanol–water partition coefficient (Wildman–Crippen LogP) is 2.26. The summed E-state index contributed by atoms with van der Waals surface area (Å²) in [5, 5.41) is 6.23. The van der Waals surface area contributed by atoms with Crippen molar-refractivity contribution in [3.8, 4) is 0 Å². The van der Waals surface area contributed by atoms with E-state index < -0.39 is 5.91 Å². The molecule has 152 valence electrons. The number of amides is 3. The lowest BCUT2D eigenvalue weighted by atomic mass is 10.0. The first-order valence-electron chi connectivity index (χ1n) is 9.84. The number of para-hydroxylation sites is 1. The van der Waals surface area contributed by atoms with Gasteiger partial charge in [0.15, 0.2) is 0 Å². The van der Waals surface area contributed by atoms with E-state index in [-0.39, 0.29) is 18.4 Å². The summed E-state index contributed by atoms with van der Waals surface area (Å²) < 4.78 is 0. The molecule has 7 nitrogen and oxygen atoms in total. The number of nitrogens with one attached hydrogen (secondary N) is 2. The quantitative estimate of drug-likeness (QED) is 0.562. The van der Waals surface area contributed by atoms with Gasteiger partial charge in [-0.15, -0.1) is 0 Å². The van der Waals surface area contributed by atoms with Crippen molar-refractivity contribution in [2.45, 2.75) is 25.3 Å². The Hall–Kier alpha value is -3.74. The monoisotopic (exact) mass is 402 g/mol. The van der Waals surface area contributed by atoms with E-state index in [1.807, 2.05) is 30.3 Å². The van der Waals surface area contributed by atoms with Crippen molar-refractivity contribution in [1.29, 1.82) is 0 Å². The Labute approximate surface area is 173 Å². The standard InChI is InChI=1S/C23H22N4O3/c24-21(28)13-26-22(29)16-7-5-14(6-8-16)12-25-23(30)18-11-20(15-9-10-15)27-19-4-2-1-3-17(18)19/h1-8,11,15H,9-10,12-13H2,(H2,24,28)(H,25,30)(H,26,29). The molecule has 0 atom stereocenters. The molecule has 4 N–H and O–H groups in total. The summed E-state index contributed by atoms with van der Waals surface area (Å²) in [6.45, 7) is 0.122. The van der Waals surface area contributed by atoms with Crippen molar-refractivity contribution in [3.63, 3.8) is 0 Å². The normalized spacial score (nSPS) is 13.1. The largest absolute Gasteiger partial charge is 0.368 e. The van der Waals surface area contributed by atoms with Gasteiger partial charge in [0.05, 0.1) is 17.6 Å². The van der Waals surface area contributed by atoms with Crippen LogP contribution in [0.25, 0.3) is 10.9 Å². The second-order valence-corrected chi connectivity index (χ2v) is 7.41. The smallest absolute Gasteiger partial charge is 0.252 e. The van der Waals surface area contributed by atoms with Crippen LogP contribution in [0, 0.1) is 0 Å². The van der Waals surface area contributed by atoms with Crippen molar-refractivity contribution >= 4 is 28.6 Å². The molecule has 0 saturated heterocycles. The second kappa shape index (κ2) is 8.32. The Morgan fingerprint density at radius 1 is 0.967 bits per heavy atom. The molecule has 1 heterocycles. The highest BCUT2D eigenvalue weighted by atomic mass is 16.2. The average Bonchev–Trinajstić information content (AvgIpc) is 3.61. The first kappa shape index (κ1) is 19.6. The fourth-order valence-electron chi connectivity index (χ4n) is 3.29. The molecule has 1 aromatic heterocycles. The number of aromatic nitrogens is 1. The van der Waals surface area contributed by atoms with Crippen LogP contribution in [0.2, 0.25) is 0 Å². The SMILES string of the molecule is NC(=O)CNC(=O)c1ccc(CNC(=O)c2cc(C3CC3)nc3ccccc23)cc1. The molecular weight excluding hydrogens is 380 g/mol. The molecule has 0 unspecified atom stereocenters. The maximum absolute atomic E-state index is 12.9. The molecule has 2 aromatic carbocycles. The molecule has 0 bridgehead atoms. The first-order chi connectivity index (χ1) is 14.5. The van der Waals surface area contributed by atoms with Gasteiger partial charge in [0.2, 0.25) is 5.91 Å². The number of pyridine rings is 1. The minimum absolute atomic E-state index is 0.154. The molecule has 4 rings (SSSR count). The van der Waals surface area contributed by atoms with E-state index in [4.69, 9.17) is 10.7 Å². The van der Waals surface area contributed by atoms with E-state index >= 15 is 0 Å². The summed E-state index contributed by atoms with van der Waals surface area (Å²) in [5.74, 6) is -0.676. The lowest BCUT2D eigenvalue weighted by Crippen LogP contribution is -2.33. The fourth-order valence-corrected chi connectivity index (χ4v) is 3.29. The van der Waals surface area contributed by atoms with Gasteiger partial charge in [-0.3, -0.25) is 19.4 Å². The number of carbonyl (C=O) groups is 3. The van der Waals surface area contributed by atoms with Gasteiger partial charge >= 0.3 is 0 Å². The van der Waals surface area contributed by atoms with Crippen LogP contribution in [-0.4, -0.2) is 29.3 Å². The number of fused-ring (bicyclic) bond motifs is 1. The Morgan fingerprint density at radius 2 is 1.70 bits per heavy atom. The molecule has 3 amide bonds. The Kier molecular flexibility index (Phi) is 5.43. The second-order valence-electron chi connectivity index (χ2n) is 7.41. The van der Waals surface area contributed by atoms with Crippen LogP contribution in [0.1, 0.15) is 50.7 Å². The van der Waals surface area contributed by atoms with Gasteiger partial charge in [-0.1, -0.05) is 30.3 Å². The number of carbonyl (C=O) groups excluding carboxylic acids is 3. The zero-order valence-corrected chi connectivity index (χ0v) is 16.4. The summed E-state index contributed by atoms with van der Waals surface area (Å²) in [5.41, 5.74) is 8.74. The van der Waals surface area contributed by atoms with Crippen molar-refractivity contribution in [2.75, 3.05) is 6.54 Å². The van der Waals surface area contributed by atoms with E-state index in [9.17, 15) is 14.4 Å². The summed E-state index contributed by atoms with van der Waals surface area (Å²) in [6.07, 6.45) is 2.23. The Balaban J connectivity index is 1.45. The van der Waals surface area contributed by atoms with E-state index in [1.165, 1.54) is 0 Å². The van der Waals surface area contributed by atoms with Crippen LogP contribution in [-0.2, 0) is 11.3 Å². The Bertz CT molecular complexity index is 1120. The van der Waals surface area contributed by atoms with Gasteiger partial charge in [-0.05, 0) is 42.7 Å². The van der Waals surface area contributed by atoms with Crippen LogP contribution in [0.4, 0.5) is 0 Å². The molecule has 1 aliphatic carbocycles. The lowest BCUT2D eigenvalue weighted by Gasteiger charge is -2.11. The summed E-state index contributed by atoms with van der Waals surface area (Å²) in [6, 6.07) is 16.4. The summed E-state index contributed by atoms with van der Waals surface area (Å²) in [4.78, 5) is 40.3. The number of nitrogens with two attached hydrogens (primary N) is 1. The molecule has 1 saturated carbocycles. The number of primary amides is 1. The van der Waals surface area contributed by atoms with Gasteiger partial charge in [0.25, 0.3) is 11.8 Å². The highest BCUT2D eigenvalue weighted by molar-refractivity contribution is 6.06. The predicted molar refractivity (Wildman–Crippen MR) is 113 cm³/mol. The number of hydrogen-bond donors (Lipinski definition) is 3. The topological polar surface area (TPSA) is 114 Å². The third-order valence-electron chi connectivity index (χ3n) is 5.07. The van der Waals surface area contributed by atoms with Gasteiger partial charge in [0.1, 0.15) is 0 Å². The van der Waals surface area contributed by atoms with Gasteiger partial charge in [0, 0.05) is 29.1 Å². The van der Waals surface area contributed by atoms with Gasteiger partial charge < -0.3 is 16.4 Å². The number of rotatable bonds is 7. The Morgan fingerprint density at radius 3 is 2.40 bits per heavy atom. The first-order valence-corrected chi connectivity index (χ1v) is 9.84. The number of benzene rings is 2. The summed E-state index contributed by atoms with van der Waals surface area (Å²) >= 11 is 0. The maximum atomic E-state index is 12.9. The third-order valence-corrected chi connectivity index (χ3v) is 5.07. The minimum Gasteiger partial charge on any atom is -0.368 e. The van der Waals surface area contributed by atoms with Crippen LogP contribution in [0.15, 0.2) is 54.6 Å². The zero-order valence-electron chi connectivity index (χ0n) is 16.4. The van der Waals surface area contributed by atoms with Crippen LogP contribution < -0.4 is 16.4 Å². The zero-order chi connectivity index (χ0) is 21.1. The van der Waals surface area contributed by atoms with E-state index in [0.29, 0.717) is 23.6 Å². The minimum atomic E-state index is -0.601. The van der Waals surface area contributed by atoms with Crippen LogP contribution >= 0.6 is 0 Å². The van der Waals surface area contributed by atoms with Crippen molar-refractivity contribution < 1.29 is 14.4 Å². The highest BCUT2D eigenvalue weighted by Gasteiger charge is 2.26. The molecular formula is C23H22N4O3. The van der Waals surface area contributed by atoms with E-state index in [1.54, 1.807) is 24.3 Å². The highest BCUT2D eigenvalue weighted by Crippen LogP contribution is 2.40. The van der Waals surface area contributed by atoms with Crippen molar-refractivity contribution in [2.24, 2.45) is 5.73 Å². The van der Waals surface area contributed by atoms with Crippen molar-refractivity contribution in [1.82, 2.24) is 15.6 Å².